The first kappa shape index (κ1) is 25.9. The number of hydrogen-bond acceptors (Lipinski definition) is 1. The fraction of sp³-hybridized carbons (Fsp3) is 0.269. The maximum atomic E-state index is 13.5. The summed E-state index contributed by atoms with van der Waals surface area (Å²) in [4.78, 5) is 18.1. The van der Waals surface area contributed by atoms with E-state index in [0.717, 1.165) is 48.9 Å². The molecule has 2 amide bonds. The molecule has 1 atom stereocenters. The molecule has 2 N–H and O–H groups in total. The van der Waals surface area contributed by atoms with E-state index in [2.05, 4.69) is 37.3 Å². The number of benzene rings is 3. The van der Waals surface area contributed by atoms with E-state index < -0.39 is 0 Å². The van der Waals surface area contributed by atoms with Gasteiger partial charge in [0.2, 0.25) is 0 Å². The Balaban J connectivity index is 0.00000181. The summed E-state index contributed by atoms with van der Waals surface area (Å²) < 4.78 is 0. The lowest BCUT2D eigenvalue weighted by Crippen LogP contribution is -3.31. The van der Waals surface area contributed by atoms with Crippen LogP contribution in [0.4, 0.5) is 16.2 Å². The highest BCUT2D eigenvalue weighted by molar-refractivity contribution is 5.94. The minimum atomic E-state index is 0. The molecule has 1 aliphatic rings. The maximum Gasteiger partial charge on any atom is 0.426 e. The van der Waals surface area contributed by atoms with Crippen molar-refractivity contribution in [3.63, 3.8) is 0 Å². The van der Waals surface area contributed by atoms with Gasteiger partial charge in [-0.3, -0.25) is 0 Å². The number of halogens is 2. The van der Waals surface area contributed by atoms with E-state index in [0.29, 0.717) is 6.04 Å². The molecule has 0 bridgehead atoms. The molecule has 1 saturated heterocycles. The van der Waals surface area contributed by atoms with Crippen LogP contribution in [-0.2, 0) is 6.42 Å². The van der Waals surface area contributed by atoms with E-state index >= 15 is 0 Å². The summed E-state index contributed by atoms with van der Waals surface area (Å²) in [7, 11) is 0. The number of anilines is 2. The van der Waals surface area contributed by atoms with Gasteiger partial charge in [0.15, 0.2) is 0 Å². The highest BCUT2D eigenvalue weighted by Crippen LogP contribution is 2.24. The molecule has 170 valence electrons. The van der Waals surface area contributed by atoms with E-state index in [9.17, 15) is 4.79 Å². The van der Waals surface area contributed by atoms with Crippen LogP contribution in [0, 0.1) is 0 Å². The number of amides is 2. The summed E-state index contributed by atoms with van der Waals surface area (Å²) in [6, 6.07) is 31.4. The topological polar surface area (TPSA) is 29.2 Å². The Kier molecular flexibility index (Phi) is 10.2. The van der Waals surface area contributed by atoms with Crippen LogP contribution in [0.5, 0.6) is 0 Å². The van der Waals surface area contributed by atoms with Gasteiger partial charge in [0, 0.05) is 6.42 Å². The number of carbonyl (C=O) groups excluding carboxylic acids is 1. The minimum absolute atomic E-state index is 0. The zero-order valence-electron chi connectivity index (χ0n) is 18.4. The van der Waals surface area contributed by atoms with Gasteiger partial charge < -0.3 is 29.7 Å². The quantitative estimate of drug-likeness (QED) is 0.395. The van der Waals surface area contributed by atoms with Gasteiger partial charge in [0.25, 0.3) is 0 Å². The molecule has 0 radical (unpaired) electrons. The molecule has 4 rings (SSSR count). The van der Waals surface area contributed by atoms with Crippen LogP contribution in [0.1, 0.15) is 12.5 Å². The molecule has 1 fully saturated rings. The van der Waals surface area contributed by atoms with E-state index in [-0.39, 0.29) is 30.8 Å². The zero-order valence-corrected chi connectivity index (χ0v) is 19.9. The van der Waals surface area contributed by atoms with E-state index in [4.69, 9.17) is 0 Å². The molecule has 1 unspecified atom stereocenters. The van der Waals surface area contributed by atoms with Crippen LogP contribution in [0.3, 0.4) is 0 Å². The number of carbonyl (C=O) groups is 1. The van der Waals surface area contributed by atoms with Crippen LogP contribution in [0.25, 0.3) is 0 Å². The number of urea groups is 1. The lowest BCUT2D eigenvalue weighted by molar-refractivity contribution is -0.994. The molecule has 0 saturated carbocycles. The third kappa shape index (κ3) is 6.33. The zero-order chi connectivity index (χ0) is 20.8. The summed E-state index contributed by atoms with van der Waals surface area (Å²) in [5.74, 6) is 0. The summed E-state index contributed by atoms with van der Waals surface area (Å²) >= 11 is 0. The standard InChI is InChI=1S/C26H29N3O.2ClH/c1-22(21-23-11-5-2-6-12-23)27-17-19-28(20-18-27)26(30)29(24-13-7-3-8-14-24)25-15-9-4-10-16-25;;/h2-16,22H,17-21H2,1H3;2*1H. The van der Waals surface area contributed by atoms with Gasteiger partial charge in [0.1, 0.15) is 26.2 Å². The van der Waals surface area contributed by atoms with Crippen molar-refractivity contribution in [2.24, 2.45) is 0 Å². The van der Waals surface area contributed by atoms with E-state index in [1.54, 1.807) is 4.90 Å². The average Bonchev–Trinajstić information content (AvgIpc) is 2.81. The third-order valence-electron chi connectivity index (χ3n) is 6.11. The van der Waals surface area contributed by atoms with E-state index in [1.807, 2.05) is 65.6 Å². The molecule has 1 aliphatic heterocycles. The molecule has 3 aromatic rings. The Morgan fingerprint density at radius 3 is 1.66 bits per heavy atom. The first-order chi connectivity index (χ1) is 14.7. The summed E-state index contributed by atoms with van der Waals surface area (Å²) in [5.41, 5.74) is 3.24. The number of rotatable bonds is 5. The van der Waals surface area contributed by atoms with Crippen molar-refractivity contribution >= 4 is 17.4 Å². The monoisotopic (exact) mass is 471 g/mol. The SMILES string of the molecule is CC(Cc1ccccc1)[NH+]1CC[NH+](C(=O)N(c2ccccc2)c2ccccc2)CC1.[Cl-].[Cl-]. The normalized spacial score (nSPS) is 18.5. The molecule has 3 aromatic carbocycles. The fourth-order valence-corrected chi connectivity index (χ4v) is 4.39. The van der Waals surface area contributed by atoms with Crippen molar-refractivity contribution in [3.05, 3.63) is 96.6 Å². The fourth-order valence-electron chi connectivity index (χ4n) is 4.39. The number of para-hydroxylation sites is 2. The Hall–Kier alpha value is -2.37. The third-order valence-corrected chi connectivity index (χ3v) is 6.11. The van der Waals surface area contributed by atoms with Crippen LogP contribution in [0.15, 0.2) is 91.0 Å². The van der Waals surface area contributed by atoms with Crippen LogP contribution < -0.4 is 39.5 Å². The second-order valence-corrected chi connectivity index (χ2v) is 8.16. The van der Waals surface area contributed by atoms with Crippen LogP contribution in [0.2, 0.25) is 0 Å². The molecule has 32 heavy (non-hydrogen) atoms. The first-order valence-corrected chi connectivity index (χ1v) is 10.9. The second-order valence-electron chi connectivity index (χ2n) is 8.16. The maximum absolute atomic E-state index is 13.5. The van der Waals surface area contributed by atoms with Crippen molar-refractivity contribution in [1.82, 2.24) is 0 Å². The van der Waals surface area contributed by atoms with E-state index in [1.165, 1.54) is 5.56 Å². The number of piperazine rings is 1. The first-order valence-electron chi connectivity index (χ1n) is 10.9. The van der Waals surface area contributed by atoms with Crippen molar-refractivity contribution in [2.45, 2.75) is 19.4 Å². The lowest BCUT2D eigenvalue weighted by Gasteiger charge is -2.34. The molecule has 0 aliphatic carbocycles. The van der Waals surface area contributed by atoms with Gasteiger partial charge in [-0.2, -0.15) is 0 Å². The molecule has 0 aromatic heterocycles. The number of nitrogens with zero attached hydrogens (tertiary/aromatic N) is 1. The summed E-state index contributed by atoms with van der Waals surface area (Å²) in [6.45, 7) is 6.10. The Morgan fingerprint density at radius 2 is 1.19 bits per heavy atom. The van der Waals surface area contributed by atoms with Gasteiger partial charge in [-0.1, -0.05) is 66.7 Å². The summed E-state index contributed by atoms with van der Waals surface area (Å²) in [6.07, 6.45) is 1.08. The van der Waals surface area contributed by atoms with Crippen LogP contribution >= 0.6 is 0 Å². The summed E-state index contributed by atoms with van der Waals surface area (Å²) in [5, 5.41) is 0. The Morgan fingerprint density at radius 1 is 0.750 bits per heavy atom. The highest BCUT2D eigenvalue weighted by atomic mass is 35.5. The van der Waals surface area contributed by atoms with Gasteiger partial charge >= 0.3 is 6.03 Å². The largest absolute Gasteiger partial charge is 1.00 e. The molecule has 1 heterocycles. The van der Waals surface area contributed by atoms with Crippen molar-refractivity contribution in [3.8, 4) is 0 Å². The molecule has 4 nitrogen and oxygen atoms in total. The van der Waals surface area contributed by atoms with Crippen molar-refractivity contribution in [1.29, 1.82) is 0 Å². The van der Waals surface area contributed by atoms with Gasteiger partial charge in [-0.15, -0.1) is 0 Å². The van der Waals surface area contributed by atoms with Gasteiger partial charge in [-0.25, -0.2) is 14.6 Å². The number of nitrogens with one attached hydrogen (secondary N) is 2. The predicted molar refractivity (Wildman–Crippen MR) is 121 cm³/mol. The van der Waals surface area contributed by atoms with Crippen LogP contribution in [-0.4, -0.2) is 38.3 Å². The molecular formula is C26H31Cl2N3O. The smallest absolute Gasteiger partial charge is 0.426 e. The molecule has 0 spiro atoms. The predicted octanol–water partition coefficient (Wildman–Crippen LogP) is -3.63. The number of quaternary nitrogens is 2. The highest BCUT2D eigenvalue weighted by Gasteiger charge is 2.35. The van der Waals surface area contributed by atoms with Gasteiger partial charge in [-0.05, 0) is 36.8 Å². The Labute approximate surface area is 203 Å². The van der Waals surface area contributed by atoms with Gasteiger partial charge in [0.05, 0.1) is 17.4 Å². The van der Waals surface area contributed by atoms with Crippen molar-refractivity contribution < 1.29 is 39.4 Å². The Bertz CT molecular complexity index is 894. The minimum Gasteiger partial charge on any atom is -1.00 e. The average molecular weight is 472 g/mol. The second kappa shape index (κ2) is 12.6. The lowest BCUT2D eigenvalue weighted by atomic mass is 10.1. The number of hydrogen-bond donors (Lipinski definition) is 2. The van der Waals surface area contributed by atoms with Crippen molar-refractivity contribution in [2.75, 3.05) is 31.1 Å². The molecule has 6 heteroatoms. The molecular weight excluding hydrogens is 441 g/mol.